The Labute approximate surface area is 149 Å². The van der Waals surface area contributed by atoms with Crippen LogP contribution in [0.3, 0.4) is 0 Å². The summed E-state index contributed by atoms with van der Waals surface area (Å²) in [5.41, 5.74) is 4.41. The summed E-state index contributed by atoms with van der Waals surface area (Å²) >= 11 is 0. The van der Waals surface area contributed by atoms with Crippen LogP contribution in [0.2, 0.25) is 0 Å². The average molecular weight is 327 g/mol. The molecule has 0 radical (unpaired) electrons. The third-order valence-corrected chi connectivity index (χ3v) is 3.98. The van der Waals surface area contributed by atoms with Crippen molar-refractivity contribution < 1.29 is 0 Å². The predicted molar refractivity (Wildman–Crippen MR) is 105 cm³/mol. The molecule has 0 aromatic heterocycles. The number of rotatable bonds is 6. The van der Waals surface area contributed by atoms with Crippen LogP contribution in [0.1, 0.15) is 30.5 Å². The highest BCUT2D eigenvalue weighted by molar-refractivity contribution is 5.71. The first-order valence-corrected chi connectivity index (χ1v) is 8.35. The van der Waals surface area contributed by atoms with Crippen molar-refractivity contribution in [2.24, 2.45) is 0 Å². The number of anilines is 1. The van der Waals surface area contributed by atoms with E-state index in [1.807, 2.05) is 36.4 Å². The number of benzene rings is 2. The van der Waals surface area contributed by atoms with Crippen LogP contribution < -0.4 is 4.90 Å². The monoisotopic (exact) mass is 327 g/mol. The lowest BCUT2D eigenvalue weighted by Gasteiger charge is -2.20. The predicted octanol–water partition coefficient (Wildman–Crippen LogP) is 5.13. The number of hydrogen-bond donors (Lipinski definition) is 0. The highest BCUT2D eigenvalue weighted by Gasteiger charge is 2.00. The topological polar surface area (TPSA) is 50.8 Å². The maximum atomic E-state index is 8.78. The van der Waals surface area contributed by atoms with E-state index in [9.17, 15) is 0 Å². The van der Waals surface area contributed by atoms with Crippen molar-refractivity contribution in [3.8, 4) is 12.1 Å². The van der Waals surface area contributed by atoms with Gasteiger partial charge in [-0.3, -0.25) is 0 Å². The first kappa shape index (κ1) is 18.0. The summed E-state index contributed by atoms with van der Waals surface area (Å²) in [4.78, 5) is 2.32. The zero-order chi connectivity index (χ0) is 18.1. The quantitative estimate of drug-likeness (QED) is 0.545. The second kappa shape index (κ2) is 9.11. The van der Waals surface area contributed by atoms with Gasteiger partial charge in [0.1, 0.15) is 17.7 Å². The summed E-state index contributed by atoms with van der Waals surface area (Å²) < 4.78 is 0. The third kappa shape index (κ3) is 5.09. The zero-order valence-electron chi connectivity index (χ0n) is 14.6. The third-order valence-electron chi connectivity index (χ3n) is 3.98. The number of allylic oxidation sites excluding steroid dienone is 1. The van der Waals surface area contributed by atoms with Crippen molar-refractivity contribution >= 4 is 23.9 Å². The van der Waals surface area contributed by atoms with E-state index in [4.69, 9.17) is 10.5 Å². The second-order valence-electron chi connectivity index (χ2n) is 5.55. The Hall–Kier alpha value is -3.30. The first-order valence-electron chi connectivity index (χ1n) is 8.35. The van der Waals surface area contributed by atoms with Crippen molar-refractivity contribution in [2.75, 3.05) is 18.0 Å². The first-order chi connectivity index (χ1) is 12.2. The van der Waals surface area contributed by atoms with Crippen LogP contribution in [0.5, 0.6) is 0 Å². The molecule has 0 saturated carbocycles. The van der Waals surface area contributed by atoms with E-state index in [1.165, 1.54) is 5.69 Å². The van der Waals surface area contributed by atoms with Gasteiger partial charge in [-0.25, -0.2) is 0 Å². The van der Waals surface area contributed by atoms with E-state index in [-0.39, 0.29) is 5.57 Å². The van der Waals surface area contributed by atoms with Crippen molar-refractivity contribution in [1.29, 1.82) is 10.5 Å². The van der Waals surface area contributed by atoms with Crippen LogP contribution in [0.15, 0.2) is 54.1 Å². The van der Waals surface area contributed by atoms with E-state index in [0.29, 0.717) is 0 Å². The van der Waals surface area contributed by atoms with E-state index < -0.39 is 0 Å². The summed E-state index contributed by atoms with van der Waals surface area (Å²) in [5.74, 6) is 0. The fourth-order valence-corrected chi connectivity index (χ4v) is 2.54. The molecule has 3 heteroatoms. The molecule has 124 valence electrons. The lowest BCUT2D eigenvalue weighted by atomic mass is 10.1. The van der Waals surface area contributed by atoms with Gasteiger partial charge in [0.2, 0.25) is 0 Å². The number of nitriles is 2. The minimum Gasteiger partial charge on any atom is -0.372 e. The fraction of sp³-hybridized carbons (Fsp3) is 0.182. The minimum absolute atomic E-state index is 0.108. The van der Waals surface area contributed by atoms with Gasteiger partial charge in [0.15, 0.2) is 0 Å². The molecule has 0 bridgehead atoms. The molecule has 0 amide bonds. The van der Waals surface area contributed by atoms with Gasteiger partial charge >= 0.3 is 0 Å². The summed E-state index contributed by atoms with van der Waals surface area (Å²) in [6, 6.07) is 20.0. The molecule has 0 aliphatic heterocycles. The fourth-order valence-electron chi connectivity index (χ4n) is 2.54. The molecule has 0 aliphatic carbocycles. The van der Waals surface area contributed by atoms with Crippen molar-refractivity contribution in [3.05, 3.63) is 70.8 Å². The summed E-state index contributed by atoms with van der Waals surface area (Å²) in [6.07, 6.45) is 5.71. The molecule has 0 heterocycles. The number of hydrogen-bond acceptors (Lipinski definition) is 3. The van der Waals surface area contributed by atoms with Gasteiger partial charge in [0.05, 0.1) is 0 Å². The van der Waals surface area contributed by atoms with Gasteiger partial charge in [0, 0.05) is 18.8 Å². The Kier molecular flexibility index (Phi) is 6.57. The van der Waals surface area contributed by atoms with Crippen molar-refractivity contribution in [2.45, 2.75) is 13.8 Å². The highest BCUT2D eigenvalue weighted by atomic mass is 15.1. The van der Waals surface area contributed by atoms with E-state index in [0.717, 1.165) is 29.8 Å². The van der Waals surface area contributed by atoms with Gasteiger partial charge in [-0.2, -0.15) is 10.5 Å². The Morgan fingerprint density at radius 2 is 1.24 bits per heavy atom. The molecule has 2 aromatic carbocycles. The maximum absolute atomic E-state index is 8.78. The lowest BCUT2D eigenvalue weighted by molar-refractivity contribution is 0.866. The molecule has 0 spiro atoms. The molecule has 25 heavy (non-hydrogen) atoms. The molecule has 2 aromatic rings. The Morgan fingerprint density at radius 1 is 0.800 bits per heavy atom. The van der Waals surface area contributed by atoms with Crippen LogP contribution in [0.25, 0.3) is 18.2 Å². The molecular formula is C22H21N3. The van der Waals surface area contributed by atoms with E-state index >= 15 is 0 Å². The minimum atomic E-state index is 0.108. The molecule has 2 rings (SSSR count). The van der Waals surface area contributed by atoms with Crippen LogP contribution >= 0.6 is 0 Å². The SMILES string of the molecule is CCN(CC)c1ccc(/C=C/c2ccc(C=C(C#N)C#N)cc2)cc1. The van der Waals surface area contributed by atoms with Crippen molar-refractivity contribution in [1.82, 2.24) is 0 Å². The van der Waals surface area contributed by atoms with Crippen LogP contribution in [0, 0.1) is 22.7 Å². The van der Waals surface area contributed by atoms with Gasteiger partial charge in [-0.05, 0) is 48.7 Å². The molecule has 0 atom stereocenters. The summed E-state index contributed by atoms with van der Waals surface area (Å²) in [6.45, 7) is 6.33. The maximum Gasteiger partial charge on any atom is 0.130 e. The molecule has 0 saturated heterocycles. The summed E-state index contributed by atoms with van der Waals surface area (Å²) in [5, 5.41) is 17.6. The van der Waals surface area contributed by atoms with Gasteiger partial charge in [0.25, 0.3) is 0 Å². The highest BCUT2D eigenvalue weighted by Crippen LogP contribution is 2.17. The molecule has 0 aliphatic rings. The molecule has 3 nitrogen and oxygen atoms in total. The van der Waals surface area contributed by atoms with Crippen LogP contribution in [-0.4, -0.2) is 13.1 Å². The molecule has 0 fully saturated rings. The van der Waals surface area contributed by atoms with Gasteiger partial charge in [-0.1, -0.05) is 48.6 Å². The molecule has 0 unspecified atom stereocenters. The van der Waals surface area contributed by atoms with Crippen LogP contribution in [0.4, 0.5) is 5.69 Å². The molecular weight excluding hydrogens is 306 g/mol. The number of nitrogens with zero attached hydrogens (tertiary/aromatic N) is 3. The average Bonchev–Trinajstić information content (AvgIpc) is 2.67. The second-order valence-corrected chi connectivity index (χ2v) is 5.55. The van der Waals surface area contributed by atoms with E-state index in [1.54, 1.807) is 6.08 Å². The zero-order valence-corrected chi connectivity index (χ0v) is 14.6. The molecule has 0 N–H and O–H groups in total. The Bertz CT molecular complexity index is 809. The standard InChI is InChI=1S/C22H21N3/c1-3-25(4-2)22-13-11-19(12-14-22)6-5-18-7-9-20(10-8-18)15-21(16-23)17-24/h5-15H,3-4H2,1-2H3/b6-5+. The summed E-state index contributed by atoms with van der Waals surface area (Å²) in [7, 11) is 0. The normalized spacial score (nSPS) is 10.1. The Balaban J connectivity index is 2.08. The Morgan fingerprint density at radius 3 is 1.68 bits per heavy atom. The van der Waals surface area contributed by atoms with Gasteiger partial charge in [-0.15, -0.1) is 0 Å². The van der Waals surface area contributed by atoms with Crippen LogP contribution in [-0.2, 0) is 0 Å². The smallest absolute Gasteiger partial charge is 0.130 e. The van der Waals surface area contributed by atoms with Gasteiger partial charge < -0.3 is 4.90 Å². The van der Waals surface area contributed by atoms with Crippen molar-refractivity contribution in [3.63, 3.8) is 0 Å². The largest absolute Gasteiger partial charge is 0.372 e. The van der Waals surface area contributed by atoms with E-state index in [2.05, 4.69) is 55.2 Å². The lowest BCUT2D eigenvalue weighted by Crippen LogP contribution is -2.21.